The predicted molar refractivity (Wildman–Crippen MR) is 105 cm³/mol. The van der Waals surface area contributed by atoms with Crippen molar-refractivity contribution < 1.29 is 27.6 Å². The molecule has 3 N–H and O–H groups in total. The third kappa shape index (κ3) is 3.73. The molecule has 1 atom stereocenters. The van der Waals surface area contributed by atoms with Gasteiger partial charge in [-0.3, -0.25) is 19.6 Å². The molecule has 0 saturated carbocycles. The molecule has 1 aromatic heterocycles. The zero-order valence-electron chi connectivity index (χ0n) is 16.2. The number of carbonyl (C=O) groups excluding carboxylic acids is 2. The van der Waals surface area contributed by atoms with Crippen molar-refractivity contribution in [3.63, 3.8) is 0 Å². The number of aromatic nitrogens is 1. The molecule has 0 radical (unpaired) electrons. The molecule has 0 saturated heterocycles. The van der Waals surface area contributed by atoms with Gasteiger partial charge in [0.2, 0.25) is 0 Å². The lowest BCUT2D eigenvalue weighted by Gasteiger charge is -2.25. The first-order chi connectivity index (χ1) is 14.0. The first-order valence-electron chi connectivity index (χ1n) is 8.93. The van der Waals surface area contributed by atoms with Crippen molar-refractivity contribution >= 4 is 21.7 Å². The molecule has 1 aromatic carbocycles. The molecule has 2 heterocycles. The molecular weight excluding hydrogens is 417 g/mol. The molecule has 30 heavy (non-hydrogen) atoms. The fourth-order valence-corrected chi connectivity index (χ4v) is 4.10. The number of halogens is 1. The summed E-state index contributed by atoms with van der Waals surface area (Å²) in [4.78, 5) is 36.0. The van der Waals surface area contributed by atoms with E-state index >= 15 is 0 Å². The molecule has 3 rings (SSSR count). The van der Waals surface area contributed by atoms with Crippen LogP contribution in [0, 0.1) is 5.82 Å². The van der Waals surface area contributed by atoms with Crippen LogP contribution in [0.2, 0.25) is 0 Å². The summed E-state index contributed by atoms with van der Waals surface area (Å²) in [5, 5.41) is 11.5. The van der Waals surface area contributed by atoms with Crippen molar-refractivity contribution in [2.24, 2.45) is 0 Å². The number of nitrogens with one attached hydrogen (secondary N) is 2. The lowest BCUT2D eigenvalue weighted by Crippen LogP contribution is -2.50. The molecule has 1 aliphatic heterocycles. The Balaban J connectivity index is 1.91. The smallest absolute Gasteiger partial charge is 0.264 e. The molecule has 11 heteroatoms. The summed E-state index contributed by atoms with van der Waals surface area (Å²) in [5.74, 6) is -2.08. The third-order valence-electron chi connectivity index (χ3n) is 5.41. The van der Waals surface area contributed by atoms with Gasteiger partial charge in [0.25, 0.3) is 17.4 Å². The Kier molecular flexibility index (Phi) is 5.52. The summed E-state index contributed by atoms with van der Waals surface area (Å²) in [6.45, 7) is 1.16. The maximum Gasteiger partial charge on any atom is 0.264 e. The van der Waals surface area contributed by atoms with Crippen LogP contribution in [0.5, 0.6) is 0 Å². The highest BCUT2D eigenvalue weighted by Crippen LogP contribution is 2.27. The minimum Gasteiger partial charge on any atom is -0.348 e. The number of amides is 2. The largest absolute Gasteiger partial charge is 0.348 e. The molecule has 0 fully saturated rings. The van der Waals surface area contributed by atoms with Crippen LogP contribution in [0.15, 0.2) is 35.3 Å². The lowest BCUT2D eigenvalue weighted by atomic mass is 10.0. The Morgan fingerprint density at radius 3 is 2.63 bits per heavy atom. The molecule has 160 valence electrons. The van der Waals surface area contributed by atoms with Gasteiger partial charge in [-0.2, -0.15) is 0 Å². The van der Waals surface area contributed by atoms with E-state index in [1.165, 1.54) is 11.5 Å². The fraction of sp³-hybridized carbons (Fsp3) is 0.316. The van der Waals surface area contributed by atoms with Crippen molar-refractivity contribution in [3.8, 4) is 11.1 Å². The van der Waals surface area contributed by atoms with Gasteiger partial charge in [0.15, 0.2) is 14.6 Å². The Labute approximate surface area is 171 Å². The van der Waals surface area contributed by atoms with Crippen LogP contribution in [0.3, 0.4) is 0 Å². The van der Waals surface area contributed by atoms with Gasteiger partial charge in [0, 0.05) is 42.7 Å². The second-order valence-corrected chi connectivity index (χ2v) is 9.76. The van der Waals surface area contributed by atoms with Crippen LogP contribution in [0.25, 0.3) is 11.1 Å². The van der Waals surface area contributed by atoms with Gasteiger partial charge in [-0.25, -0.2) is 18.3 Å². The first-order valence-corrected chi connectivity index (χ1v) is 10.8. The summed E-state index contributed by atoms with van der Waals surface area (Å²) in [6, 6.07) is 5.80. The maximum atomic E-state index is 14.7. The van der Waals surface area contributed by atoms with Crippen LogP contribution in [0.1, 0.15) is 29.3 Å². The van der Waals surface area contributed by atoms with Crippen molar-refractivity contribution in [1.29, 1.82) is 0 Å². The van der Waals surface area contributed by atoms with E-state index in [0.29, 0.717) is 23.2 Å². The number of hydrogen-bond acceptors (Lipinski definition) is 6. The van der Waals surface area contributed by atoms with E-state index < -0.39 is 31.9 Å². The number of pyridine rings is 1. The van der Waals surface area contributed by atoms with Crippen LogP contribution < -0.4 is 16.4 Å². The number of hydrogen-bond donors (Lipinski definition) is 3. The summed E-state index contributed by atoms with van der Waals surface area (Å²) in [6.07, 6.45) is 1.42. The number of sulfone groups is 1. The zero-order chi connectivity index (χ0) is 22.3. The summed E-state index contributed by atoms with van der Waals surface area (Å²) < 4.78 is 37.7. The number of carbonyl (C=O) groups is 2. The fourth-order valence-electron chi connectivity index (χ4n) is 3.26. The Bertz CT molecular complexity index is 1210. The Morgan fingerprint density at radius 1 is 1.30 bits per heavy atom. The molecule has 1 unspecified atom stereocenters. The first kappa shape index (κ1) is 21.7. The van der Waals surface area contributed by atoms with Crippen LogP contribution in [-0.2, 0) is 27.7 Å². The number of rotatable bonds is 6. The van der Waals surface area contributed by atoms with E-state index in [1.54, 1.807) is 12.1 Å². The minimum atomic E-state index is -3.95. The molecular formula is C19H20FN3O6S. The minimum absolute atomic E-state index is 0.0392. The summed E-state index contributed by atoms with van der Waals surface area (Å²) in [7, 11) is -3.95. The Hall–Kier alpha value is -3.05. The van der Waals surface area contributed by atoms with Crippen molar-refractivity contribution in [2.75, 3.05) is 6.26 Å². The van der Waals surface area contributed by atoms with Gasteiger partial charge in [-0.05, 0) is 36.6 Å². The second-order valence-electron chi connectivity index (χ2n) is 7.32. The lowest BCUT2D eigenvalue weighted by molar-refractivity contribution is -0.131. The van der Waals surface area contributed by atoms with Crippen molar-refractivity contribution in [1.82, 2.24) is 15.4 Å². The molecule has 1 aliphatic rings. The van der Waals surface area contributed by atoms with Gasteiger partial charge in [-0.1, -0.05) is 6.07 Å². The molecule has 2 aromatic rings. The van der Waals surface area contributed by atoms with E-state index in [2.05, 4.69) is 5.32 Å². The average Bonchev–Trinajstić information content (AvgIpc) is 3.06. The zero-order valence-corrected chi connectivity index (χ0v) is 17.0. The van der Waals surface area contributed by atoms with Crippen molar-refractivity contribution in [2.45, 2.75) is 31.2 Å². The maximum absolute atomic E-state index is 14.7. The molecule has 2 amide bonds. The predicted octanol–water partition coefficient (Wildman–Crippen LogP) is 0.597. The third-order valence-corrected chi connectivity index (χ3v) is 7.43. The normalized spacial score (nSPS) is 15.3. The summed E-state index contributed by atoms with van der Waals surface area (Å²) >= 11 is 0. The average molecular weight is 437 g/mol. The van der Waals surface area contributed by atoms with E-state index in [-0.39, 0.29) is 24.4 Å². The van der Waals surface area contributed by atoms with Gasteiger partial charge < -0.3 is 9.88 Å². The number of nitrogens with zero attached hydrogens (tertiary/aromatic N) is 1. The SMILES string of the molecule is CC(CCn1cc(F)c(-c2ccc3c(c2)CNC3=O)cc1=O)(C(=O)NO)S(C)(=O)=O. The topological polar surface area (TPSA) is 135 Å². The van der Waals surface area contributed by atoms with Gasteiger partial charge in [0.05, 0.1) is 0 Å². The van der Waals surface area contributed by atoms with E-state index in [0.717, 1.165) is 30.0 Å². The van der Waals surface area contributed by atoms with E-state index in [9.17, 15) is 27.2 Å². The number of aryl methyl sites for hydroxylation is 1. The number of fused-ring (bicyclic) bond motifs is 1. The molecule has 0 aliphatic carbocycles. The quantitative estimate of drug-likeness (QED) is 0.447. The highest BCUT2D eigenvalue weighted by Gasteiger charge is 2.43. The highest BCUT2D eigenvalue weighted by molar-refractivity contribution is 7.92. The van der Waals surface area contributed by atoms with Crippen LogP contribution in [0.4, 0.5) is 4.39 Å². The van der Waals surface area contributed by atoms with Crippen LogP contribution in [-0.4, -0.2) is 41.0 Å². The number of hydroxylamine groups is 1. The molecule has 0 spiro atoms. The standard InChI is InChI=1S/C19H20FN3O6S/c1-19(18(26)22-27,30(2,28)29)5-6-23-10-15(20)14(8-16(23)24)11-3-4-13-12(7-11)9-21-17(13)25/h3-4,7-8,10,27H,5-6,9H2,1-2H3,(H,21,25)(H,22,26). The monoisotopic (exact) mass is 437 g/mol. The highest BCUT2D eigenvalue weighted by atomic mass is 32.2. The van der Waals surface area contributed by atoms with Gasteiger partial charge in [0.1, 0.15) is 5.82 Å². The van der Waals surface area contributed by atoms with E-state index in [4.69, 9.17) is 5.21 Å². The number of benzene rings is 1. The second kappa shape index (κ2) is 7.65. The van der Waals surface area contributed by atoms with Gasteiger partial charge >= 0.3 is 0 Å². The Morgan fingerprint density at radius 2 is 2.00 bits per heavy atom. The van der Waals surface area contributed by atoms with Crippen molar-refractivity contribution in [3.05, 3.63) is 57.8 Å². The molecule has 9 nitrogen and oxygen atoms in total. The van der Waals surface area contributed by atoms with Crippen LogP contribution >= 0.6 is 0 Å². The summed E-state index contributed by atoms with van der Waals surface area (Å²) in [5.41, 5.74) is 2.38. The van der Waals surface area contributed by atoms with Gasteiger partial charge in [-0.15, -0.1) is 0 Å². The van der Waals surface area contributed by atoms with E-state index in [1.807, 2.05) is 0 Å². The molecule has 0 bridgehead atoms.